The summed E-state index contributed by atoms with van der Waals surface area (Å²) in [6.07, 6.45) is 0. The van der Waals surface area contributed by atoms with Crippen LogP contribution in [0, 0.1) is 5.41 Å². The average Bonchev–Trinajstić information content (AvgIpc) is 2.46. The van der Waals surface area contributed by atoms with E-state index in [0.717, 1.165) is 0 Å². The molecule has 82 valence electrons. The first-order valence-electron chi connectivity index (χ1n) is 4.48. The number of benzene rings is 1. The van der Waals surface area contributed by atoms with Crippen LogP contribution in [-0.4, -0.2) is 28.8 Å². The number of hydrogen-bond acceptors (Lipinski definition) is 3. The minimum atomic E-state index is -0.322. The van der Waals surface area contributed by atoms with Gasteiger partial charge in [-0.1, -0.05) is 23.8 Å². The van der Waals surface area contributed by atoms with Crippen LogP contribution in [0.5, 0.6) is 0 Å². The molecule has 1 heterocycles. The zero-order valence-electron chi connectivity index (χ0n) is 8.40. The molecular weight excluding hydrogens is 246 g/mol. The summed E-state index contributed by atoms with van der Waals surface area (Å²) in [7, 11) is 1.52. The van der Waals surface area contributed by atoms with Gasteiger partial charge in [-0.05, 0) is 24.3 Å². The summed E-state index contributed by atoms with van der Waals surface area (Å²) >= 11 is 10.8. The van der Waals surface area contributed by atoms with Crippen molar-refractivity contribution in [3.05, 3.63) is 29.3 Å². The molecule has 0 saturated carbocycles. The highest BCUT2D eigenvalue weighted by Crippen LogP contribution is 2.23. The van der Waals surface area contributed by atoms with Gasteiger partial charge in [-0.25, -0.2) is 9.69 Å². The highest BCUT2D eigenvalue weighted by Gasteiger charge is 2.36. The Balaban J connectivity index is 2.42. The first kappa shape index (κ1) is 11.0. The molecule has 1 saturated heterocycles. The Kier molecular flexibility index (Phi) is 2.65. The van der Waals surface area contributed by atoms with Gasteiger partial charge in [0.2, 0.25) is 0 Å². The lowest BCUT2D eigenvalue weighted by atomic mass is 10.3. The second-order valence-corrected chi connectivity index (χ2v) is 4.13. The van der Waals surface area contributed by atoms with Crippen molar-refractivity contribution in [1.82, 2.24) is 4.90 Å². The van der Waals surface area contributed by atoms with E-state index in [-0.39, 0.29) is 16.9 Å². The Morgan fingerprint density at radius 1 is 1.31 bits per heavy atom. The second kappa shape index (κ2) is 3.84. The normalized spacial score (nSPS) is 16.2. The number of amidine groups is 1. The quantitative estimate of drug-likeness (QED) is 0.782. The Hall–Kier alpha value is -1.46. The third kappa shape index (κ3) is 1.58. The number of urea groups is 1. The molecule has 0 aliphatic carbocycles. The standard InChI is InChI=1S/C10H8ClN3OS/c1-13-8(12)9(16)14(10(13)15)7-4-2-6(11)3-5-7/h2-5,12H,1H3. The Morgan fingerprint density at radius 2 is 1.88 bits per heavy atom. The second-order valence-electron chi connectivity index (χ2n) is 3.31. The smallest absolute Gasteiger partial charge is 0.282 e. The lowest BCUT2D eigenvalue weighted by Gasteiger charge is -2.14. The van der Waals surface area contributed by atoms with Gasteiger partial charge in [0.05, 0.1) is 5.69 Å². The maximum atomic E-state index is 11.8. The predicted molar refractivity (Wildman–Crippen MR) is 67.4 cm³/mol. The summed E-state index contributed by atoms with van der Waals surface area (Å²) in [5.41, 5.74) is 0.619. The molecule has 1 N–H and O–H groups in total. The predicted octanol–water partition coefficient (Wildman–Crippen LogP) is 2.52. The number of halogens is 1. The number of anilines is 1. The van der Waals surface area contributed by atoms with Crippen molar-refractivity contribution in [3.63, 3.8) is 0 Å². The molecule has 0 aromatic heterocycles. The molecule has 16 heavy (non-hydrogen) atoms. The van der Waals surface area contributed by atoms with Crippen LogP contribution >= 0.6 is 23.8 Å². The SMILES string of the molecule is CN1C(=N)C(=S)N(c2ccc(Cl)cc2)C1=O. The van der Waals surface area contributed by atoms with E-state index >= 15 is 0 Å². The molecule has 0 bridgehead atoms. The van der Waals surface area contributed by atoms with Crippen LogP contribution in [-0.2, 0) is 0 Å². The fourth-order valence-electron chi connectivity index (χ4n) is 1.40. The van der Waals surface area contributed by atoms with Gasteiger partial charge in [-0.2, -0.15) is 0 Å². The van der Waals surface area contributed by atoms with Gasteiger partial charge in [0.15, 0.2) is 10.8 Å². The first-order chi connectivity index (χ1) is 7.52. The Morgan fingerprint density at radius 3 is 2.31 bits per heavy atom. The number of likely N-dealkylation sites (N-methyl/N-ethyl adjacent to an activating group) is 1. The maximum Gasteiger partial charge on any atom is 0.335 e. The number of nitrogens with zero attached hydrogens (tertiary/aromatic N) is 2. The van der Waals surface area contributed by atoms with E-state index in [1.54, 1.807) is 24.3 Å². The van der Waals surface area contributed by atoms with Gasteiger partial charge in [-0.3, -0.25) is 10.3 Å². The number of amides is 2. The largest absolute Gasteiger partial charge is 0.335 e. The van der Waals surface area contributed by atoms with Crippen LogP contribution in [0.4, 0.5) is 10.5 Å². The molecule has 2 rings (SSSR count). The fourth-order valence-corrected chi connectivity index (χ4v) is 1.85. The van der Waals surface area contributed by atoms with Crippen LogP contribution < -0.4 is 4.90 Å². The summed E-state index contributed by atoms with van der Waals surface area (Å²) in [5.74, 6) is 0.0370. The zero-order valence-corrected chi connectivity index (χ0v) is 9.97. The van der Waals surface area contributed by atoms with Gasteiger partial charge < -0.3 is 0 Å². The molecule has 1 fully saturated rings. The molecule has 0 atom stereocenters. The van der Waals surface area contributed by atoms with E-state index in [4.69, 9.17) is 29.2 Å². The molecule has 2 amide bonds. The molecule has 0 spiro atoms. The van der Waals surface area contributed by atoms with Crippen molar-refractivity contribution in [3.8, 4) is 0 Å². The molecule has 0 radical (unpaired) electrons. The molecule has 6 heteroatoms. The molecule has 1 aromatic rings. The number of hydrogen-bond donors (Lipinski definition) is 1. The van der Waals surface area contributed by atoms with Crippen molar-refractivity contribution in [1.29, 1.82) is 5.41 Å². The van der Waals surface area contributed by atoms with Gasteiger partial charge in [0, 0.05) is 12.1 Å². The summed E-state index contributed by atoms with van der Waals surface area (Å²) in [6, 6.07) is 6.42. The van der Waals surface area contributed by atoms with Crippen LogP contribution in [0.3, 0.4) is 0 Å². The van der Waals surface area contributed by atoms with Crippen molar-refractivity contribution >= 4 is 46.4 Å². The topological polar surface area (TPSA) is 47.4 Å². The van der Waals surface area contributed by atoms with E-state index in [1.165, 1.54) is 16.8 Å². The van der Waals surface area contributed by atoms with Crippen molar-refractivity contribution in [2.24, 2.45) is 0 Å². The lowest BCUT2D eigenvalue weighted by Crippen LogP contribution is -2.30. The van der Waals surface area contributed by atoms with E-state index in [9.17, 15) is 4.79 Å². The number of thiocarbonyl (C=S) groups is 1. The van der Waals surface area contributed by atoms with Crippen molar-refractivity contribution < 1.29 is 4.79 Å². The molecule has 1 aromatic carbocycles. The molecule has 1 aliphatic rings. The van der Waals surface area contributed by atoms with E-state index in [2.05, 4.69) is 0 Å². The molecule has 0 unspecified atom stereocenters. The van der Waals surface area contributed by atoms with Gasteiger partial charge in [-0.15, -0.1) is 0 Å². The van der Waals surface area contributed by atoms with E-state index in [1.807, 2.05) is 0 Å². The van der Waals surface area contributed by atoms with Gasteiger partial charge >= 0.3 is 6.03 Å². The summed E-state index contributed by atoms with van der Waals surface area (Å²) < 4.78 is 0. The summed E-state index contributed by atoms with van der Waals surface area (Å²) in [5, 5.41) is 8.20. The third-order valence-corrected chi connectivity index (χ3v) is 2.93. The number of nitrogens with one attached hydrogen (secondary N) is 1. The van der Waals surface area contributed by atoms with Crippen molar-refractivity contribution in [2.45, 2.75) is 0 Å². The lowest BCUT2D eigenvalue weighted by molar-refractivity contribution is 0.238. The molecule has 4 nitrogen and oxygen atoms in total. The fraction of sp³-hybridized carbons (Fsp3) is 0.100. The molecule has 1 aliphatic heterocycles. The monoisotopic (exact) mass is 253 g/mol. The van der Waals surface area contributed by atoms with Crippen molar-refractivity contribution in [2.75, 3.05) is 11.9 Å². The van der Waals surface area contributed by atoms with E-state index < -0.39 is 0 Å². The maximum absolute atomic E-state index is 11.8. The number of carbonyl (C=O) groups is 1. The first-order valence-corrected chi connectivity index (χ1v) is 5.27. The highest BCUT2D eigenvalue weighted by atomic mass is 35.5. The Bertz CT molecular complexity index is 485. The Labute approximate surface area is 103 Å². The minimum Gasteiger partial charge on any atom is -0.282 e. The number of rotatable bonds is 1. The van der Waals surface area contributed by atoms with Crippen LogP contribution in [0.2, 0.25) is 5.02 Å². The van der Waals surface area contributed by atoms with E-state index in [0.29, 0.717) is 10.7 Å². The molecular formula is C10H8ClN3OS. The number of carbonyl (C=O) groups excluding carboxylic acids is 1. The third-order valence-electron chi connectivity index (χ3n) is 2.30. The average molecular weight is 254 g/mol. The zero-order chi connectivity index (χ0) is 11.9. The summed E-state index contributed by atoms with van der Waals surface area (Å²) in [6.45, 7) is 0. The van der Waals surface area contributed by atoms with Crippen LogP contribution in [0.1, 0.15) is 0 Å². The van der Waals surface area contributed by atoms with Gasteiger partial charge in [0.25, 0.3) is 0 Å². The van der Waals surface area contributed by atoms with Gasteiger partial charge in [0.1, 0.15) is 0 Å². The highest BCUT2D eigenvalue weighted by molar-refractivity contribution is 7.82. The van der Waals surface area contributed by atoms with Crippen LogP contribution in [0.25, 0.3) is 0 Å². The summed E-state index contributed by atoms with van der Waals surface area (Å²) in [4.78, 5) is 14.5. The van der Waals surface area contributed by atoms with Crippen LogP contribution in [0.15, 0.2) is 24.3 Å². The minimum absolute atomic E-state index is 0.0370.